The molecule has 156 valence electrons. The summed E-state index contributed by atoms with van der Waals surface area (Å²) in [5.74, 6) is 0.000863. The molecule has 0 fully saturated rings. The Morgan fingerprint density at radius 3 is 2.32 bits per heavy atom. The molecule has 0 atom stereocenters. The number of ether oxygens (including phenoxy) is 1. The number of para-hydroxylation sites is 1. The van der Waals surface area contributed by atoms with Crippen molar-refractivity contribution in [2.45, 2.75) is 26.5 Å². The van der Waals surface area contributed by atoms with Gasteiger partial charge in [0.25, 0.3) is 11.8 Å². The topological polar surface area (TPSA) is 71.5 Å². The predicted molar refractivity (Wildman–Crippen MR) is 119 cm³/mol. The molecule has 3 aromatic rings. The molecule has 31 heavy (non-hydrogen) atoms. The lowest BCUT2D eigenvalue weighted by molar-refractivity contribution is -0.137. The molecule has 0 bridgehead atoms. The van der Waals surface area contributed by atoms with Crippen molar-refractivity contribution >= 4 is 23.1 Å². The molecule has 2 aromatic carbocycles. The molecule has 1 aliphatic heterocycles. The summed E-state index contributed by atoms with van der Waals surface area (Å²) in [5, 5.41) is 3.15. The Labute approximate surface area is 181 Å². The Morgan fingerprint density at radius 2 is 1.68 bits per heavy atom. The standard InChI is InChI=1S/C25H23N3O3/c1-17(2)31-21-12-10-19(11-13-21)22-23(27-20-8-4-3-5-9-20)25(30)28(24(22)29)16-18-7-6-14-26-15-18/h3-15,17,27H,16H2,1-2H3. The number of imide groups is 1. The van der Waals surface area contributed by atoms with E-state index in [2.05, 4.69) is 10.3 Å². The molecule has 0 spiro atoms. The van der Waals surface area contributed by atoms with Crippen LogP contribution in [0.5, 0.6) is 5.75 Å². The maximum absolute atomic E-state index is 13.3. The van der Waals surface area contributed by atoms with Crippen LogP contribution in [-0.2, 0) is 16.1 Å². The summed E-state index contributed by atoms with van der Waals surface area (Å²) in [6, 6.07) is 20.2. The van der Waals surface area contributed by atoms with Crippen LogP contribution in [0.25, 0.3) is 5.57 Å². The number of hydrogen-bond acceptors (Lipinski definition) is 5. The summed E-state index contributed by atoms with van der Waals surface area (Å²) in [7, 11) is 0. The highest BCUT2D eigenvalue weighted by atomic mass is 16.5. The zero-order valence-electron chi connectivity index (χ0n) is 17.4. The smallest absolute Gasteiger partial charge is 0.278 e. The van der Waals surface area contributed by atoms with Gasteiger partial charge in [-0.3, -0.25) is 19.5 Å². The molecule has 0 aliphatic carbocycles. The summed E-state index contributed by atoms with van der Waals surface area (Å²) in [6.45, 7) is 4.06. The van der Waals surface area contributed by atoms with Crippen LogP contribution in [0.1, 0.15) is 25.0 Å². The fourth-order valence-electron chi connectivity index (χ4n) is 3.42. The number of nitrogens with one attached hydrogen (secondary N) is 1. The van der Waals surface area contributed by atoms with E-state index in [9.17, 15) is 9.59 Å². The van der Waals surface area contributed by atoms with Gasteiger partial charge in [0.1, 0.15) is 11.4 Å². The molecular weight excluding hydrogens is 390 g/mol. The monoisotopic (exact) mass is 413 g/mol. The van der Waals surface area contributed by atoms with Crippen LogP contribution in [0.3, 0.4) is 0 Å². The Bertz CT molecular complexity index is 1110. The van der Waals surface area contributed by atoms with E-state index in [-0.39, 0.29) is 30.2 Å². The lowest BCUT2D eigenvalue weighted by atomic mass is 10.0. The van der Waals surface area contributed by atoms with Gasteiger partial charge < -0.3 is 10.1 Å². The van der Waals surface area contributed by atoms with E-state index < -0.39 is 0 Å². The second kappa shape index (κ2) is 8.83. The van der Waals surface area contributed by atoms with Crippen molar-refractivity contribution in [3.05, 3.63) is 95.9 Å². The maximum Gasteiger partial charge on any atom is 0.278 e. The number of hydrogen-bond donors (Lipinski definition) is 1. The summed E-state index contributed by atoms with van der Waals surface area (Å²) in [4.78, 5) is 31.9. The highest BCUT2D eigenvalue weighted by Gasteiger charge is 2.39. The number of rotatable bonds is 7. The second-order valence-corrected chi connectivity index (χ2v) is 7.49. The highest BCUT2D eigenvalue weighted by Crippen LogP contribution is 2.32. The molecule has 0 unspecified atom stereocenters. The van der Waals surface area contributed by atoms with Gasteiger partial charge in [0, 0.05) is 18.1 Å². The summed E-state index contributed by atoms with van der Waals surface area (Å²) < 4.78 is 5.70. The Hall–Kier alpha value is -3.93. The lowest BCUT2D eigenvalue weighted by Crippen LogP contribution is -2.32. The van der Waals surface area contributed by atoms with E-state index in [0.29, 0.717) is 16.9 Å². The number of nitrogens with zero attached hydrogens (tertiary/aromatic N) is 2. The number of carbonyl (C=O) groups is 2. The van der Waals surface area contributed by atoms with Gasteiger partial charge in [0.2, 0.25) is 0 Å². The van der Waals surface area contributed by atoms with Crippen LogP contribution < -0.4 is 10.1 Å². The van der Waals surface area contributed by atoms with Crippen LogP contribution in [0.4, 0.5) is 5.69 Å². The van der Waals surface area contributed by atoms with E-state index in [1.165, 1.54) is 4.90 Å². The van der Waals surface area contributed by atoms with Gasteiger partial charge in [0.15, 0.2) is 0 Å². The van der Waals surface area contributed by atoms with Crippen molar-refractivity contribution in [2.75, 3.05) is 5.32 Å². The number of aromatic nitrogens is 1. The first-order valence-electron chi connectivity index (χ1n) is 10.1. The molecular formula is C25H23N3O3. The fourth-order valence-corrected chi connectivity index (χ4v) is 3.42. The van der Waals surface area contributed by atoms with Crippen molar-refractivity contribution in [3.63, 3.8) is 0 Å². The zero-order chi connectivity index (χ0) is 21.8. The van der Waals surface area contributed by atoms with Gasteiger partial charge in [-0.05, 0) is 55.3 Å². The normalized spacial score (nSPS) is 13.8. The van der Waals surface area contributed by atoms with Crippen molar-refractivity contribution in [2.24, 2.45) is 0 Å². The molecule has 6 heteroatoms. The minimum atomic E-state index is -0.366. The summed E-state index contributed by atoms with van der Waals surface area (Å²) in [6.07, 6.45) is 3.36. The van der Waals surface area contributed by atoms with Gasteiger partial charge in [-0.15, -0.1) is 0 Å². The van der Waals surface area contributed by atoms with Crippen LogP contribution in [0.2, 0.25) is 0 Å². The number of anilines is 1. The van der Waals surface area contributed by atoms with E-state index in [4.69, 9.17) is 4.74 Å². The van der Waals surface area contributed by atoms with Crippen LogP contribution in [0.15, 0.2) is 84.8 Å². The van der Waals surface area contributed by atoms with Gasteiger partial charge in [-0.25, -0.2) is 0 Å². The Morgan fingerprint density at radius 1 is 0.935 bits per heavy atom. The van der Waals surface area contributed by atoms with Crippen molar-refractivity contribution in [1.82, 2.24) is 9.88 Å². The van der Waals surface area contributed by atoms with Gasteiger partial charge >= 0.3 is 0 Å². The van der Waals surface area contributed by atoms with Crippen LogP contribution >= 0.6 is 0 Å². The molecule has 0 radical (unpaired) electrons. The number of carbonyl (C=O) groups excluding carboxylic acids is 2. The highest BCUT2D eigenvalue weighted by molar-refractivity contribution is 6.36. The first kappa shape index (κ1) is 20.3. The molecule has 0 saturated carbocycles. The van der Waals surface area contributed by atoms with E-state index in [0.717, 1.165) is 11.3 Å². The minimum Gasteiger partial charge on any atom is -0.491 e. The Balaban J connectivity index is 1.70. The first-order chi connectivity index (χ1) is 15.0. The molecule has 1 aromatic heterocycles. The molecule has 2 heterocycles. The average molecular weight is 413 g/mol. The van der Waals surface area contributed by atoms with Gasteiger partial charge in [-0.2, -0.15) is 0 Å². The molecule has 6 nitrogen and oxygen atoms in total. The van der Waals surface area contributed by atoms with E-state index in [1.807, 2.05) is 62.4 Å². The SMILES string of the molecule is CC(C)Oc1ccc(C2=C(Nc3ccccc3)C(=O)N(Cc3cccnc3)C2=O)cc1. The largest absolute Gasteiger partial charge is 0.491 e. The average Bonchev–Trinajstić information content (AvgIpc) is 3.00. The number of amides is 2. The quantitative estimate of drug-likeness (QED) is 0.586. The van der Waals surface area contributed by atoms with E-state index >= 15 is 0 Å². The second-order valence-electron chi connectivity index (χ2n) is 7.49. The number of pyridine rings is 1. The maximum atomic E-state index is 13.3. The third-order valence-electron chi connectivity index (χ3n) is 4.79. The van der Waals surface area contributed by atoms with Crippen molar-refractivity contribution in [3.8, 4) is 5.75 Å². The minimum absolute atomic E-state index is 0.0463. The van der Waals surface area contributed by atoms with Gasteiger partial charge in [-0.1, -0.05) is 36.4 Å². The molecule has 0 saturated heterocycles. The summed E-state index contributed by atoms with van der Waals surface area (Å²) >= 11 is 0. The van der Waals surface area contributed by atoms with Crippen LogP contribution in [0, 0.1) is 0 Å². The summed E-state index contributed by atoms with van der Waals surface area (Å²) in [5.41, 5.74) is 2.78. The third-order valence-corrected chi connectivity index (χ3v) is 4.79. The van der Waals surface area contributed by atoms with Gasteiger partial charge in [0.05, 0.1) is 18.2 Å². The predicted octanol–water partition coefficient (Wildman–Crippen LogP) is 4.26. The fraction of sp³-hybridized carbons (Fsp3) is 0.160. The van der Waals surface area contributed by atoms with Crippen molar-refractivity contribution in [1.29, 1.82) is 0 Å². The Kier molecular flexibility index (Phi) is 5.80. The van der Waals surface area contributed by atoms with Crippen molar-refractivity contribution < 1.29 is 14.3 Å². The van der Waals surface area contributed by atoms with E-state index in [1.54, 1.807) is 30.6 Å². The molecule has 2 amide bonds. The number of benzene rings is 2. The molecule has 4 rings (SSSR count). The lowest BCUT2D eigenvalue weighted by Gasteiger charge is -2.15. The molecule has 1 aliphatic rings. The third kappa shape index (κ3) is 4.48. The van der Waals surface area contributed by atoms with Crippen LogP contribution in [-0.4, -0.2) is 27.8 Å². The zero-order valence-corrected chi connectivity index (χ0v) is 17.4. The first-order valence-corrected chi connectivity index (χ1v) is 10.1. The molecule has 1 N–H and O–H groups in total.